The number of fused-ring (bicyclic) bond motifs is 1. The number of nitrogens with one attached hydrogen (secondary N) is 1. The number of rotatable bonds is 2. The van der Waals surface area contributed by atoms with Crippen LogP contribution in [-0.2, 0) is 6.42 Å². The van der Waals surface area contributed by atoms with E-state index >= 15 is 0 Å². The lowest BCUT2D eigenvalue weighted by Crippen LogP contribution is -2.20. The molecule has 1 N–H and O–H groups in total. The van der Waals surface area contributed by atoms with Gasteiger partial charge in [0.1, 0.15) is 0 Å². The highest BCUT2D eigenvalue weighted by Gasteiger charge is 2.17. The minimum atomic E-state index is 0.488. The Hall–Kier alpha value is -1.24. The first-order valence-corrected chi connectivity index (χ1v) is 4.86. The fourth-order valence-electron chi connectivity index (χ4n) is 2.07. The Morgan fingerprint density at radius 3 is 3.08 bits per heavy atom. The highest BCUT2D eigenvalue weighted by molar-refractivity contribution is 5.32. The molecule has 1 nitrogen and oxygen atoms in total. The summed E-state index contributed by atoms with van der Waals surface area (Å²) in [5, 5.41) is 3.30. The number of benzene rings is 1. The maximum Gasteiger partial charge on any atom is 0.0511 e. The number of aryl methyl sites for hydroxylation is 1. The summed E-state index contributed by atoms with van der Waals surface area (Å²) in [7, 11) is 0. The third kappa shape index (κ3) is 1.59. The predicted octanol–water partition coefficient (Wildman–Crippen LogP) is 2.80. The molecule has 0 saturated heterocycles. The van der Waals surface area contributed by atoms with E-state index in [4.69, 9.17) is 0 Å². The third-order valence-corrected chi connectivity index (χ3v) is 2.69. The lowest BCUT2D eigenvalue weighted by molar-refractivity contribution is 0.513. The van der Waals surface area contributed by atoms with Crippen LogP contribution in [0.1, 0.15) is 30.0 Å². The van der Waals surface area contributed by atoms with Crippen molar-refractivity contribution in [2.24, 2.45) is 0 Å². The Labute approximate surface area is 79.5 Å². The van der Waals surface area contributed by atoms with E-state index in [0.29, 0.717) is 6.04 Å². The van der Waals surface area contributed by atoms with Crippen molar-refractivity contribution in [2.45, 2.75) is 25.3 Å². The molecule has 1 unspecified atom stereocenters. The van der Waals surface area contributed by atoms with Crippen molar-refractivity contribution >= 4 is 0 Å². The molecule has 0 heterocycles. The molecular weight excluding hydrogens is 158 g/mol. The maximum absolute atomic E-state index is 3.72. The molecule has 1 aromatic rings. The van der Waals surface area contributed by atoms with Crippen LogP contribution in [0, 0.1) is 0 Å². The van der Waals surface area contributed by atoms with Gasteiger partial charge in [-0.25, -0.2) is 0 Å². The third-order valence-electron chi connectivity index (χ3n) is 2.69. The van der Waals surface area contributed by atoms with E-state index in [9.17, 15) is 0 Å². The van der Waals surface area contributed by atoms with E-state index in [-0.39, 0.29) is 0 Å². The highest BCUT2D eigenvalue weighted by atomic mass is 14.9. The van der Waals surface area contributed by atoms with Gasteiger partial charge in [0.2, 0.25) is 0 Å². The first kappa shape index (κ1) is 8.36. The van der Waals surface area contributed by atoms with Gasteiger partial charge in [-0.2, -0.15) is 0 Å². The monoisotopic (exact) mass is 173 g/mol. The van der Waals surface area contributed by atoms with E-state index in [0.717, 1.165) is 0 Å². The van der Waals surface area contributed by atoms with E-state index in [1.807, 2.05) is 0 Å². The Morgan fingerprint density at radius 1 is 1.38 bits per heavy atom. The normalized spacial score (nSPS) is 20.5. The Morgan fingerprint density at radius 2 is 2.23 bits per heavy atom. The second kappa shape index (κ2) is 3.65. The zero-order chi connectivity index (χ0) is 9.10. The van der Waals surface area contributed by atoms with Crippen molar-refractivity contribution in [3.63, 3.8) is 0 Å². The summed E-state index contributed by atoms with van der Waals surface area (Å²) in [5.74, 6) is 0. The number of hydrogen-bond acceptors (Lipinski definition) is 1. The van der Waals surface area contributed by atoms with Crippen molar-refractivity contribution in [3.05, 3.63) is 48.2 Å². The van der Waals surface area contributed by atoms with Crippen LogP contribution >= 0.6 is 0 Å². The molecule has 68 valence electrons. The predicted molar refractivity (Wildman–Crippen MR) is 55.5 cm³/mol. The molecule has 0 aromatic heterocycles. The van der Waals surface area contributed by atoms with Gasteiger partial charge in [-0.15, -0.1) is 0 Å². The summed E-state index contributed by atoms with van der Waals surface area (Å²) in [5.41, 5.74) is 2.95. The first-order chi connectivity index (χ1) is 6.42. The largest absolute Gasteiger partial charge is 0.385 e. The summed E-state index contributed by atoms with van der Waals surface area (Å²) >= 11 is 0. The van der Waals surface area contributed by atoms with Gasteiger partial charge in [0, 0.05) is 0 Å². The minimum absolute atomic E-state index is 0.488. The standard InChI is InChI=1S/C12H15N/c1-2-13-12-9-5-7-10-6-3-4-8-11(10)12/h2-4,6,8,12-13H,1,5,7,9H2. The SMILES string of the molecule is C=CNC1CCCc2ccccc21. The molecule has 0 spiro atoms. The molecule has 0 amide bonds. The van der Waals surface area contributed by atoms with Crippen LogP contribution in [-0.4, -0.2) is 0 Å². The number of hydrogen-bond donors (Lipinski definition) is 1. The molecule has 13 heavy (non-hydrogen) atoms. The summed E-state index contributed by atoms with van der Waals surface area (Å²) in [6, 6.07) is 9.17. The van der Waals surface area contributed by atoms with Crippen LogP contribution in [0.25, 0.3) is 0 Å². The smallest absolute Gasteiger partial charge is 0.0511 e. The zero-order valence-corrected chi connectivity index (χ0v) is 7.79. The Bertz CT molecular complexity index is 304. The molecule has 0 radical (unpaired) electrons. The van der Waals surface area contributed by atoms with Crippen molar-refractivity contribution in [2.75, 3.05) is 0 Å². The Kier molecular flexibility index (Phi) is 2.35. The molecule has 0 aliphatic heterocycles. The second-order valence-corrected chi connectivity index (χ2v) is 3.51. The van der Waals surface area contributed by atoms with Gasteiger partial charge in [-0.05, 0) is 36.6 Å². The van der Waals surface area contributed by atoms with Gasteiger partial charge >= 0.3 is 0 Å². The first-order valence-electron chi connectivity index (χ1n) is 4.86. The average Bonchev–Trinajstić information content (AvgIpc) is 2.19. The molecule has 1 aliphatic rings. The van der Waals surface area contributed by atoms with Gasteiger partial charge in [0.25, 0.3) is 0 Å². The Balaban J connectivity index is 2.31. The van der Waals surface area contributed by atoms with Crippen LogP contribution < -0.4 is 5.32 Å². The van der Waals surface area contributed by atoms with Gasteiger partial charge in [0.05, 0.1) is 6.04 Å². The van der Waals surface area contributed by atoms with Crippen LogP contribution in [0.15, 0.2) is 37.0 Å². The summed E-state index contributed by atoms with van der Waals surface area (Å²) < 4.78 is 0. The van der Waals surface area contributed by atoms with E-state index in [2.05, 4.69) is 36.2 Å². The minimum Gasteiger partial charge on any atom is -0.385 e. The molecule has 0 fully saturated rings. The summed E-state index contributed by atoms with van der Waals surface area (Å²) in [6.45, 7) is 3.72. The van der Waals surface area contributed by atoms with Crippen molar-refractivity contribution in [1.82, 2.24) is 5.32 Å². The fourth-order valence-corrected chi connectivity index (χ4v) is 2.07. The molecule has 1 heteroatoms. The fraction of sp³-hybridized carbons (Fsp3) is 0.333. The molecule has 1 atom stereocenters. The van der Waals surface area contributed by atoms with Gasteiger partial charge in [-0.1, -0.05) is 30.8 Å². The van der Waals surface area contributed by atoms with Gasteiger partial charge < -0.3 is 5.32 Å². The lowest BCUT2D eigenvalue weighted by atomic mass is 9.88. The summed E-state index contributed by atoms with van der Waals surface area (Å²) in [6.07, 6.45) is 5.53. The molecule has 0 bridgehead atoms. The zero-order valence-electron chi connectivity index (χ0n) is 7.79. The quantitative estimate of drug-likeness (QED) is 0.725. The molecule has 1 aromatic carbocycles. The molecule has 1 aliphatic carbocycles. The topological polar surface area (TPSA) is 12.0 Å². The van der Waals surface area contributed by atoms with Crippen molar-refractivity contribution in [1.29, 1.82) is 0 Å². The lowest BCUT2D eigenvalue weighted by Gasteiger charge is -2.25. The molecule has 0 saturated carbocycles. The van der Waals surface area contributed by atoms with Crippen LogP contribution in [0.2, 0.25) is 0 Å². The van der Waals surface area contributed by atoms with E-state index in [1.165, 1.54) is 30.4 Å². The van der Waals surface area contributed by atoms with Crippen molar-refractivity contribution < 1.29 is 0 Å². The van der Waals surface area contributed by atoms with Crippen molar-refractivity contribution in [3.8, 4) is 0 Å². The van der Waals surface area contributed by atoms with Gasteiger partial charge in [0.15, 0.2) is 0 Å². The van der Waals surface area contributed by atoms with E-state index in [1.54, 1.807) is 6.20 Å². The van der Waals surface area contributed by atoms with Gasteiger partial charge in [-0.3, -0.25) is 0 Å². The maximum atomic E-state index is 3.72. The molecular formula is C12H15N. The second-order valence-electron chi connectivity index (χ2n) is 3.51. The average molecular weight is 173 g/mol. The van der Waals surface area contributed by atoms with Crippen LogP contribution in [0.5, 0.6) is 0 Å². The summed E-state index contributed by atoms with van der Waals surface area (Å²) in [4.78, 5) is 0. The molecule has 2 rings (SSSR count). The van der Waals surface area contributed by atoms with E-state index < -0.39 is 0 Å². The van der Waals surface area contributed by atoms with Crippen LogP contribution in [0.4, 0.5) is 0 Å². The van der Waals surface area contributed by atoms with Crippen LogP contribution in [0.3, 0.4) is 0 Å². The highest BCUT2D eigenvalue weighted by Crippen LogP contribution is 2.29.